The van der Waals surface area contributed by atoms with Gasteiger partial charge in [0.1, 0.15) is 11.6 Å². The number of benzene rings is 1. The second kappa shape index (κ2) is 4.88. The van der Waals surface area contributed by atoms with Crippen LogP contribution in [0.4, 0.5) is 4.39 Å². The van der Waals surface area contributed by atoms with Crippen LogP contribution in [0.15, 0.2) is 34.2 Å². The Morgan fingerprint density at radius 3 is 3.00 bits per heavy atom. The van der Waals surface area contributed by atoms with Gasteiger partial charge in [-0.15, -0.1) is 11.3 Å². The third-order valence-electron chi connectivity index (χ3n) is 2.54. The van der Waals surface area contributed by atoms with Gasteiger partial charge in [-0.05, 0) is 28.1 Å². The fourth-order valence-electron chi connectivity index (χ4n) is 1.68. The molecule has 0 atom stereocenters. The highest BCUT2D eigenvalue weighted by molar-refractivity contribution is 9.10. The van der Waals surface area contributed by atoms with Gasteiger partial charge in [-0.25, -0.2) is 9.18 Å². The molecule has 0 aliphatic carbocycles. The molecule has 0 radical (unpaired) electrons. The standard InChI is InChI=1S/C12H6BrFN2O3S/c13-7-2-1-6(5-8(7)14)19-10-9(11(17)18)16-3-4-20-12(16)15-10/h1-5H,(H,17,18). The Labute approximate surface area is 124 Å². The zero-order valence-corrected chi connectivity index (χ0v) is 12.1. The van der Waals surface area contributed by atoms with Crippen LogP contribution in [0.1, 0.15) is 10.5 Å². The predicted molar refractivity (Wildman–Crippen MR) is 74.2 cm³/mol. The number of aromatic nitrogens is 2. The number of rotatable bonds is 3. The van der Waals surface area contributed by atoms with Crippen molar-refractivity contribution in [1.29, 1.82) is 0 Å². The largest absolute Gasteiger partial charge is 0.476 e. The molecule has 0 saturated heterocycles. The molecule has 8 heteroatoms. The number of thiazole rings is 1. The molecule has 2 heterocycles. The molecular weight excluding hydrogens is 351 g/mol. The average Bonchev–Trinajstić information content (AvgIpc) is 2.93. The molecule has 102 valence electrons. The smallest absolute Gasteiger partial charge is 0.358 e. The second-order valence-electron chi connectivity index (χ2n) is 3.80. The predicted octanol–water partition coefficient (Wildman–Crippen LogP) is 3.79. The molecule has 0 bridgehead atoms. The summed E-state index contributed by atoms with van der Waals surface area (Å²) in [6.45, 7) is 0. The number of hydrogen-bond acceptors (Lipinski definition) is 4. The van der Waals surface area contributed by atoms with Crippen molar-refractivity contribution < 1.29 is 19.0 Å². The summed E-state index contributed by atoms with van der Waals surface area (Å²) < 4.78 is 20.5. The molecule has 0 amide bonds. The highest BCUT2D eigenvalue weighted by Gasteiger charge is 2.21. The first-order valence-corrected chi connectivity index (χ1v) is 7.05. The van der Waals surface area contributed by atoms with E-state index in [0.717, 1.165) is 6.07 Å². The van der Waals surface area contributed by atoms with Crippen molar-refractivity contribution in [2.75, 3.05) is 0 Å². The molecule has 20 heavy (non-hydrogen) atoms. The number of carboxylic acid groups (broad SMARTS) is 1. The molecule has 0 saturated carbocycles. The third kappa shape index (κ3) is 2.16. The molecule has 0 unspecified atom stereocenters. The zero-order valence-electron chi connectivity index (χ0n) is 9.71. The van der Waals surface area contributed by atoms with E-state index in [9.17, 15) is 14.3 Å². The number of carbonyl (C=O) groups is 1. The SMILES string of the molecule is O=C(O)c1c(Oc2ccc(Br)c(F)c2)nc2sccn12. The summed E-state index contributed by atoms with van der Waals surface area (Å²) in [5.41, 5.74) is -0.0930. The average molecular weight is 357 g/mol. The van der Waals surface area contributed by atoms with Gasteiger partial charge in [-0.3, -0.25) is 4.40 Å². The summed E-state index contributed by atoms with van der Waals surface area (Å²) in [4.78, 5) is 15.9. The summed E-state index contributed by atoms with van der Waals surface area (Å²) in [6, 6.07) is 4.15. The highest BCUT2D eigenvalue weighted by Crippen LogP contribution is 2.29. The maximum Gasteiger partial charge on any atom is 0.358 e. The Balaban J connectivity index is 2.05. The molecule has 3 aromatic rings. The van der Waals surface area contributed by atoms with Gasteiger partial charge < -0.3 is 9.84 Å². The zero-order chi connectivity index (χ0) is 14.3. The first-order valence-electron chi connectivity index (χ1n) is 5.38. The van der Waals surface area contributed by atoms with Crippen LogP contribution in [0.25, 0.3) is 4.96 Å². The number of ether oxygens (including phenoxy) is 1. The van der Waals surface area contributed by atoms with E-state index in [1.54, 1.807) is 11.6 Å². The minimum Gasteiger partial charge on any atom is -0.476 e. The molecule has 0 spiro atoms. The van der Waals surface area contributed by atoms with Crippen LogP contribution >= 0.6 is 27.3 Å². The van der Waals surface area contributed by atoms with Crippen LogP contribution in [-0.4, -0.2) is 20.5 Å². The molecule has 2 aromatic heterocycles. The van der Waals surface area contributed by atoms with E-state index in [0.29, 0.717) is 9.43 Å². The lowest BCUT2D eigenvalue weighted by molar-refractivity contribution is 0.0686. The molecule has 1 N–H and O–H groups in total. The lowest BCUT2D eigenvalue weighted by Gasteiger charge is -2.04. The maximum atomic E-state index is 13.4. The Bertz CT molecular complexity index is 814. The lowest BCUT2D eigenvalue weighted by Crippen LogP contribution is -2.02. The normalized spacial score (nSPS) is 10.9. The fraction of sp³-hybridized carbons (Fsp3) is 0. The van der Waals surface area contributed by atoms with E-state index < -0.39 is 11.8 Å². The number of imidazole rings is 1. The third-order valence-corrected chi connectivity index (χ3v) is 3.94. The van der Waals surface area contributed by atoms with Gasteiger partial charge in [0.2, 0.25) is 0 Å². The highest BCUT2D eigenvalue weighted by atomic mass is 79.9. The van der Waals surface area contributed by atoms with Crippen molar-refractivity contribution >= 4 is 38.2 Å². The Morgan fingerprint density at radius 1 is 1.50 bits per heavy atom. The first-order chi connectivity index (χ1) is 9.56. The van der Waals surface area contributed by atoms with Gasteiger partial charge in [-0.1, -0.05) is 0 Å². The monoisotopic (exact) mass is 356 g/mol. The Kier molecular flexibility index (Phi) is 3.19. The van der Waals surface area contributed by atoms with E-state index in [2.05, 4.69) is 20.9 Å². The van der Waals surface area contributed by atoms with Crippen molar-refractivity contribution in [1.82, 2.24) is 9.38 Å². The van der Waals surface area contributed by atoms with Crippen LogP contribution in [-0.2, 0) is 0 Å². The van der Waals surface area contributed by atoms with Gasteiger partial charge in [-0.2, -0.15) is 4.98 Å². The topological polar surface area (TPSA) is 63.8 Å². The molecular formula is C12H6BrFN2O3S. The quantitative estimate of drug-likeness (QED) is 0.775. The number of fused-ring (bicyclic) bond motifs is 1. The summed E-state index contributed by atoms with van der Waals surface area (Å²) in [5, 5.41) is 10.9. The van der Waals surface area contributed by atoms with E-state index >= 15 is 0 Å². The van der Waals surface area contributed by atoms with Crippen LogP contribution in [0.5, 0.6) is 11.6 Å². The summed E-state index contributed by atoms with van der Waals surface area (Å²) in [6.07, 6.45) is 1.59. The van der Waals surface area contributed by atoms with Crippen molar-refractivity contribution in [3.63, 3.8) is 0 Å². The van der Waals surface area contributed by atoms with Crippen LogP contribution in [0.3, 0.4) is 0 Å². The maximum absolute atomic E-state index is 13.4. The number of aromatic carboxylic acids is 1. The Hall–Kier alpha value is -1.93. The van der Waals surface area contributed by atoms with Gasteiger partial charge in [0.25, 0.3) is 5.88 Å². The van der Waals surface area contributed by atoms with Gasteiger partial charge >= 0.3 is 5.97 Å². The van der Waals surface area contributed by atoms with Gasteiger partial charge in [0, 0.05) is 17.6 Å². The minimum atomic E-state index is -1.16. The van der Waals surface area contributed by atoms with Crippen molar-refractivity contribution in [3.8, 4) is 11.6 Å². The number of nitrogens with zero attached hydrogens (tertiary/aromatic N) is 2. The van der Waals surface area contributed by atoms with Crippen LogP contribution < -0.4 is 4.74 Å². The molecule has 0 aliphatic heterocycles. The number of hydrogen-bond donors (Lipinski definition) is 1. The van der Waals surface area contributed by atoms with E-state index in [1.165, 1.54) is 27.9 Å². The minimum absolute atomic E-state index is 0.0638. The second-order valence-corrected chi connectivity index (χ2v) is 5.53. The van der Waals surface area contributed by atoms with Crippen LogP contribution in [0, 0.1) is 5.82 Å². The number of halogens is 2. The van der Waals surface area contributed by atoms with Crippen molar-refractivity contribution in [2.45, 2.75) is 0 Å². The lowest BCUT2D eigenvalue weighted by atomic mass is 10.3. The van der Waals surface area contributed by atoms with Gasteiger partial charge in [0.15, 0.2) is 10.7 Å². The summed E-state index contributed by atoms with van der Waals surface area (Å²) >= 11 is 4.31. The molecule has 1 aromatic carbocycles. The molecule has 0 fully saturated rings. The molecule has 3 rings (SSSR count). The van der Waals surface area contributed by atoms with Crippen molar-refractivity contribution in [2.24, 2.45) is 0 Å². The summed E-state index contributed by atoms with van der Waals surface area (Å²) in [5.74, 6) is -1.55. The van der Waals surface area contributed by atoms with E-state index in [-0.39, 0.29) is 17.3 Å². The summed E-state index contributed by atoms with van der Waals surface area (Å²) in [7, 11) is 0. The Morgan fingerprint density at radius 2 is 2.30 bits per heavy atom. The number of carboxylic acids is 1. The van der Waals surface area contributed by atoms with E-state index in [4.69, 9.17) is 4.74 Å². The van der Waals surface area contributed by atoms with Gasteiger partial charge in [0.05, 0.1) is 4.47 Å². The van der Waals surface area contributed by atoms with Crippen LogP contribution in [0.2, 0.25) is 0 Å². The fourth-order valence-corrected chi connectivity index (χ4v) is 2.64. The van der Waals surface area contributed by atoms with E-state index in [1.807, 2.05) is 0 Å². The first kappa shape index (κ1) is 13.1. The molecule has 5 nitrogen and oxygen atoms in total. The molecule has 0 aliphatic rings. The van der Waals surface area contributed by atoms with Crippen molar-refractivity contribution in [3.05, 3.63) is 45.8 Å².